The molecule has 1 atom stereocenters. The van der Waals surface area contributed by atoms with Gasteiger partial charge in [0, 0.05) is 17.9 Å². The van der Waals surface area contributed by atoms with E-state index in [0.29, 0.717) is 12.1 Å². The largest absolute Gasteiger partial charge is 0.497 e. The van der Waals surface area contributed by atoms with Gasteiger partial charge in [-0.1, -0.05) is 0 Å². The molecule has 1 amide bonds. The quantitative estimate of drug-likeness (QED) is 0.934. The summed E-state index contributed by atoms with van der Waals surface area (Å²) in [5, 5.41) is 3.44. The number of rotatable bonds is 4. The van der Waals surface area contributed by atoms with Gasteiger partial charge in [-0.25, -0.2) is 0 Å². The Bertz CT molecular complexity index is 752. The molecule has 0 aliphatic carbocycles. The third-order valence-electron chi connectivity index (χ3n) is 4.54. The van der Waals surface area contributed by atoms with Crippen LogP contribution in [0.25, 0.3) is 0 Å². The smallest absolute Gasteiger partial charge is 0.261 e. The van der Waals surface area contributed by atoms with Crippen LogP contribution in [-0.2, 0) is 11.2 Å². The van der Waals surface area contributed by atoms with E-state index in [1.807, 2.05) is 17.0 Å². The van der Waals surface area contributed by atoms with Gasteiger partial charge in [0.15, 0.2) is 0 Å². The van der Waals surface area contributed by atoms with Crippen LogP contribution < -0.4 is 10.2 Å². The molecule has 1 aromatic carbocycles. The number of carbonyl (C=O) groups excluding carboxylic acids is 1. The maximum Gasteiger partial charge on any atom is 0.261 e. The zero-order valence-corrected chi connectivity index (χ0v) is 13.4. The van der Waals surface area contributed by atoms with Gasteiger partial charge in [-0.2, -0.15) is 0 Å². The summed E-state index contributed by atoms with van der Waals surface area (Å²) >= 11 is 0. The van der Waals surface area contributed by atoms with Crippen molar-refractivity contribution in [1.82, 2.24) is 0 Å². The monoisotopic (exact) mass is 324 g/mol. The second-order valence-corrected chi connectivity index (χ2v) is 6.15. The zero-order chi connectivity index (χ0) is 16.4. The number of benzene rings is 1. The molecule has 0 bridgehead atoms. The Labute approximate surface area is 140 Å². The number of ether oxygens (including phenoxy) is 1. The summed E-state index contributed by atoms with van der Waals surface area (Å²) in [6, 6.07) is 7.88. The lowest BCUT2D eigenvalue weighted by molar-refractivity contribution is 0.0989. The standard InChI is InChI=1S/C19H20N2O3/c22-19(15-7-10-23-13-15)21-8-6-14-11-16(4-5-18(14)21)20-12-17-3-1-2-9-24-17/h2,4-5,7,9-11,13,17,20H,1,3,6,8,12H2/t17-/m0/s1. The van der Waals surface area contributed by atoms with Crippen LogP contribution in [0.3, 0.4) is 0 Å². The molecule has 0 radical (unpaired) electrons. The summed E-state index contributed by atoms with van der Waals surface area (Å²) in [5.41, 5.74) is 3.85. The normalized spacial score (nSPS) is 19.0. The lowest BCUT2D eigenvalue weighted by atomic mass is 10.1. The number of fused-ring (bicyclic) bond motifs is 1. The van der Waals surface area contributed by atoms with Crippen molar-refractivity contribution in [2.24, 2.45) is 0 Å². The van der Waals surface area contributed by atoms with E-state index in [1.54, 1.807) is 12.3 Å². The van der Waals surface area contributed by atoms with Crippen LogP contribution in [0, 0.1) is 0 Å². The van der Waals surface area contributed by atoms with Gasteiger partial charge >= 0.3 is 0 Å². The number of nitrogens with zero attached hydrogens (tertiary/aromatic N) is 1. The molecule has 2 aliphatic rings. The van der Waals surface area contributed by atoms with Crippen molar-refractivity contribution in [2.45, 2.75) is 25.4 Å². The average molecular weight is 324 g/mol. The predicted octanol–water partition coefficient (Wildman–Crippen LogP) is 3.59. The molecule has 0 fully saturated rings. The van der Waals surface area contributed by atoms with E-state index in [0.717, 1.165) is 37.2 Å². The lowest BCUT2D eigenvalue weighted by Crippen LogP contribution is -2.28. The van der Waals surface area contributed by atoms with Crippen molar-refractivity contribution in [3.05, 3.63) is 60.3 Å². The Morgan fingerprint density at radius 3 is 3.08 bits per heavy atom. The summed E-state index contributed by atoms with van der Waals surface area (Å²) in [6.45, 7) is 1.50. The number of furan rings is 1. The first kappa shape index (κ1) is 14.9. The molecule has 0 saturated heterocycles. The molecular weight excluding hydrogens is 304 g/mol. The molecule has 0 saturated carbocycles. The van der Waals surface area contributed by atoms with E-state index >= 15 is 0 Å². The van der Waals surface area contributed by atoms with Gasteiger partial charge in [0.25, 0.3) is 5.91 Å². The highest BCUT2D eigenvalue weighted by Gasteiger charge is 2.26. The van der Waals surface area contributed by atoms with E-state index in [4.69, 9.17) is 9.15 Å². The number of carbonyl (C=O) groups is 1. The van der Waals surface area contributed by atoms with E-state index in [9.17, 15) is 4.79 Å². The van der Waals surface area contributed by atoms with E-state index in [2.05, 4.69) is 17.5 Å². The highest BCUT2D eigenvalue weighted by Crippen LogP contribution is 2.31. The molecular formula is C19H20N2O3. The summed E-state index contributed by atoms with van der Waals surface area (Å²) in [4.78, 5) is 14.3. The van der Waals surface area contributed by atoms with Gasteiger partial charge in [0.2, 0.25) is 0 Å². The maximum absolute atomic E-state index is 12.5. The van der Waals surface area contributed by atoms with Crippen LogP contribution in [0.5, 0.6) is 0 Å². The summed E-state index contributed by atoms with van der Waals surface area (Å²) in [7, 11) is 0. The van der Waals surface area contributed by atoms with Crippen LogP contribution in [0.15, 0.2) is 53.5 Å². The summed E-state index contributed by atoms with van der Waals surface area (Å²) in [6.07, 6.45) is 10.1. The van der Waals surface area contributed by atoms with E-state index < -0.39 is 0 Å². The zero-order valence-electron chi connectivity index (χ0n) is 13.4. The van der Waals surface area contributed by atoms with Crippen LogP contribution in [0.4, 0.5) is 11.4 Å². The molecule has 4 rings (SSSR count). The van der Waals surface area contributed by atoms with Crippen molar-refractivity contribution in [3.63, 3.8) is 0 Å². The lowest BCUT2D eigenvalue weighted by Gasteiger charge is -2.21. The first-order valence-corrected chi connectivity index (χ1v) is 8.32. The van der Waals surface area contributed by atoms with Gasteiger partial charge < -0.3 is 19.4 Å². The fraction of sp³-hybridized carbons (Fsp3) is 0.316. The molecule has 0 unspecified atom stereocenters. The fourth-order valence-corrected chi connectivity index (χ4v) is 3.23. The van der Waals surface area contributed by atoms with Crippen molar-refractivity contribution in [2.75, 3.05) is 23.3 Å². The highest BCUT2D eigenvalue weighted by molar-refractivity contribution is 6.07. The molecule has 2 aliphatic heterocycles. The molecule has 2 aromatic rings. The third kappa shape index (κ3) is 2.89. The average Bonchev–Trinajstić information content (AvgIpc) is 3.30. The molecule has 5 heteroatoms. The molecule has 5 nitrogen and oxygen atoms in total. The minimum absolute atomic E-state index is 0.00870. The van der Waals surface area contributed by atoms with Crippen LogP contribution in [0.2, 0.25) is 0 Å². The SMILES string of the molecule is O=C(c1ccoc1)N1CCc2cc(NC[C@@H]3CCC=CO3)ccc21. The third-order valence-corrected chi connectivity index (χ3v) is 4.54. The first-order valence-electron chi connectivity index (χ1n) is 8.32. The number of hydrogen-bond donors (Lipinski definition) is 1. The minimum atomic E-state index is -0.00870. The predicted molar refractivity (Wildman–Crippen MR) is 92.3 cm³/mol. The van der Waals surface area contributed by atoms with Crippen LogP contribution in [0.1, 0.15) is 28.8 Å². The van der Waals surface area contributed by atoms with Crippen molar-refractivity contribution >= 4 is 17.3 Å². The van der Waals surface area contributed by atoms with Crippen molar-refractivity contribution in [1.29, 1.82) is 0 Å². The van der Waals surface area contributed by atoms with E-state index in [1.165, 1.54) is 18.1 Å². The van der Waals surface area contributed by atoms with Gasteiger partial charge in [-0.3, -0.25) is 4.79 Å². The molecule has 124 valence electrons. The Morgan fingerprint density at radius 2 is 2.29 bits per heavy atom. The molecule has 24 heavy (non-hydrogen) atoms. The number of nitrogens with one attached hydrogen (secondary N) is 1. The summed E-state index contributed by atoms with van der Waals surface area (Å²) < 4.78 is 10.6. The van der Waals surface area contributed by atoms with Gasteiger partial charge in [0.1, 0.15) is 12.4 Å². The topological polar surface area (TPSA) is 54.7 Å². The second-order valence-electron chi connectivity index (χ2n) is 6.15. The highest BCUT2D eigenvalue weighted by atomic mass is 16.5. The van der Waals surface area contributed by atoms with Gasteiger partial charge in [-0.15, -0.1) is 0 Å². The number of hydrogen-bond acceptors (Lipinski definition) is 4. The molecule has 3 heterocycles. The Balaban J connectivity index is 1.44. The number of amides is 1. The first-order chi connectivity index (χ1) is 11.8. The van der Waals surface area contributed by atoms with Crippen molar-refractivity contribution < 1.29 is 13.9 Å². The summed E-state index contributed by atoms with van der Waals surface area (Å²) in [5.74, 6) is -0.00870. The van der Waals surface area contributed by atoms with Gasteiger partial charge in [0.05, 0.1) is 24.6 Å². The van der Waals surface area contributed by atoms with Gasteiger partial charge in [-0.05, 0) is 55.2 Å². The molecule has 1 aromatic heterocycles. The Kier molecular flexibility index (Phi) is 3.99. The second kappa shape index (κ2) is 6.43. The van der Waals surface area contributed by atoms with E-state index in [-0.39, 0.29) is 12.0 Å². The maximum atomic E-state index is 12.5. The Hall–Kier alpha value is -2.69. The van der Waals surface area contributed by atoms with Crippen LogP contribution in [-0.4, -0.2) is 25.1 Å². The number of allylic oxidation sites excluding steroid dienone is 1. The molecule has 1 N–H and O–H groups in total. The fourth-order valence-electron chi connectivity index (χ4n) is 3.23. The van der Waals surface area contributed by atoms with Crippen molar-refractivity contribution in [3.8, 4) is 0 Å². The minimum Gasteiger partial charge on any atom is -0.497 e. The Morgan fingerprint density at radius 1 is 1.33 bits per heavy atom. The molecule has 0 spiro atoms. The van der Waals surface area contributed by atoms with Crippen LogP contribution >= 0.6 is 0 Å². The number of anilines is 2.